The van der Waals surface area contributed by atoms with Crippen LogP contribution in [0, 0.1) is 11.6 Å². The van der Waals surface area contributed by atoms with Crippen molar-refractivity contribution >= 4 is 16.0 Å². The zero-order valence-electron chi connectivity index (χ0n) is 10.4. The van der Waals surface area contributed by atoms with E-state index < -0.39 is 50.7 Å². The topological polar surface area (TPSA) is 104 Å². The second kappa shape index (κ2) is 6.25. The number of carboxylic acid groups (broad SMARTS) is 1. The van der Waals surface area contributed by atoms with Gasteiger partial charge in [-0.2, -0.15) is 0 Å². The van der Waals surface area contributed by atoms with E-state index in [4.69, 9.17) is 10.2 Å². The zero-order valence-corrected chi connectivity index (χ0v) is 11.2. The third-order valence-corrected chi connectivity index (χ3v) is 4.09. The first kappa shape index (κ1) is 16.5. The van der Waals surface area contributed by atoms with Gasteiger partial charge in [0.05, 0.1) is 12.2 Å². The summed E-state index contributed by atoms with van der Waals surface area (Å²) in [6.45, 7) is 1.05. The van der Waals surface area contributed by atoms with Crippen LogP contribution in [0.25, 0.3) is 0 Å². The molecule has 0 saturated heterocycles. The molecule has 9 heteroatoms. The van der Waals surface area contributed by atoms with E-state index in [1.165, 1.54) is 0 Å². The predicted octanol–water partition coefficient (Wildman–Crippen LogP) is 0.712. The normalized spacial score (nSPS) is 13.2. The lowest BCUT2D eigenvalue weighted by atomic mass is 10.2. The van der Waals surface area contributed by atoms with Gasteiger partial charge in [0.25, 0.3) is 0 Å². The highest BCUT2D eigenvalue weighted by Crippen LogP contribution is 2.20. The molecule has 0 aliphatic heterocycles. The number of aromatic carboxylic acids is 1. The molecule has 0 radical (unpaired) electrons. The Kier molecular flexibility index (Phi) is 5.15. The van der Waals surface area contributed by atoms with Crippen molar-refractivity contribution < 1.29 is 32.2 Å². The van der Waals surface area contributed by atoms with E-state index in [0.717, 1.165) is 0 Å². The Bertz CT molecular complexity index is 613. The van der Waals surface area contributed by atoms with Crippen LogP contribution in [0.5, 0.6) is 0 Å². The van der Waals surface area contributed by atoms with Gasteiger partial charge in [-0.1, -0.05) is 6.92 Å². The number of carboxylic acids is 1. The van der Waals surface area contributed by atoms with E-state index >= 15 is 0 Å². The number of rotatable bonds is 6. The van der Waals surface area contributed by atoms with Crippen LogP contribution in [0.1, 0.15) is 23.7 Å². The van der Waals surface area contributed by atoms with Crippen molar-refractivity contribution in [1.82, 2.24) is 4.72 Å². The summed E-state index contributed by atoms with van der Waals surface area (Å²) < 4.78 is 52.5. The molecule has 0 aliphatic carbocycles. The van der Waals surface area contributed by atoms with Crippen LogP contribution in [0.2, 0.25) is 0 Å². The maximum absolute atomic E-state index is 13.5. The number of hydrogen-bond donors (Lipinski definition) is 3. The summed E-state index contributed by atoms with van der Waals surface area (Å²) in [5, 5.41) is 17.6. The monoisotopic (exact) mass is 309 g/mol. The van der Waals surface area contributed by atoms with Crippen LogP contribution in [0.15, 0.2) is 17.0 Å². The second-order valence-corrected chi connectivity index (χ2v) is 5.67. The zero-order chi connectivity index (χ0) is 15.5. The van der Waals surface area contributed by atoms with Crippen LogP contribution in [-0.4, -0.2) is 37.2 Å². The molecule has 1 atom stereocenters. The van der Waals surface area contributed by atoms with E-state index in [2.05, 4.69) is 0 Å². The van der Waals surface area contributed by atoms with Crippen LogP contribution in [0.3, 0.4) is 0 Å². The van der Waals surface area contributed by atoms with Gasteiger partial charge in [-0.15, -0.1) is 0 Å². The minimum atomic E-state index is -4.48. The molecule has 3 N–H and O–H groups in total. The number of aliphatic hydroxyl groups is 1. The lowest BCUT2D eigenvalue weighted by Gasteiger charge is -2.15. The van der Waals surface area contributed by atoms with Crippen molar-refractivity contribution in [3.8, 4) is 0 Å². The van der Waals surface area contributed by atoms with Crippen molar-refractivity contribution in [2.24, 2.45) is 0 Å². The predicted molar refractivity (Wildman–Crippen MR) is 64.8 cm³/mol. The summed E-state index contributed by atoms with van der Waals surface area (Å²) in [4.78, 5) is 9.62. The fraction of sp³-hybridized carbons (Fsp3) is 0.364. The quantitative estimate of drug-likeness (QED) is 0.718. The lowest BCUT2D eigenvalue weighted by molar-refractivity contribution is 0.0696. The number of carbonyl (C=O) groups is 1. The molecular weight excluding hydrogens is 296 g/mol. The Morgan fingerprint density at radius 3 is 2.45 bits per heavy atom. The largest absolute Gasteiger partial charge is 0.478 e. The fourth-order valence-electron chi connectivity index (χ4n) is 1.42. The molecule has 1 aromatic carbocycles. The molecule has 0 spiro atoms. The first-order chi connectivity index (χ1) is 9.22. The Hall–Kier alpha value is -1.58. The second-order valence-electron chi connectivity index (χ2n) is 3.98. The van der Waals surface area contributed by atoms with Crippen molar-refractivity contribution in [3.05, 3.63) is 29.3 Å². The van der Waals surface area contributed by atoms with Gasteiger partial charge in [-0.25, -0.2) is 26.7 Å². The van der Waals surface area contributed by atoms with Gasteiger partial charge >= 0.3 is 5.97 Å². The molecular formula is C11H13F2NO5S. The van der Waals surface area contributed by atoms with Gasteiger partial charge in [-0.3, -0.25) is 0 Å². The van der Waals surface area contributed by atoms with E-state index in [-0.39, 0.29) is 6.42 Å². The first-order valence-corrected chi connectivity index (χ1v) is 7.06. The van der Waals surface area contributed by atoms with Gasteiger partial charge < -0.3 is 10.2 Å². The molecule has 20 heavy (non-hydrogen) atoms. The maximum Gasteiger partial charge on any atom is 0.335 e. The molecule has 0 amide bonds. The maximum atomic E-state index is 13.5. The van der Waals surface area contributed by atoms with Crippen LogP contribution < -0.4 is 4.72 Å². The number of benzene rings is 1. The molecule has 0 heterocycles. The molecule has 6 nitrogen and oxygen atoms in total. The van der Waals surface area contributed by atoms with E-state index in [9.17, 15) is 22.0 Å². The Morgan fingerprint density at radius 2 is 2.00 bits per heavy atom. The Balaban J connectivity index is 3.34. The average molecular weight is 309 g/mol. The molecule has 0 aliphatic rings. The summed E-state index contributed by atoms with van der Waals surface area (Å²) in [6, 6.07) is 0.0312. The number of sulfonamides is 1. The highest BCUT2D eigenvalue weighted by Gasteiger charge is 2.26. The number of nitrogens with one attached hydrogen (secondary N) is 1. The highest BCUT2D eigenvalue weighted by molar-refractivity contribution is 7.89. The number of aliphatic hydroxyl groups excluding tert-OH is 1. The van der Waals surface area contributed by atoms with E-state index in [1.54, 1.807) is 6.92 Å². The number of halogens is 2. The van der Waals surface area contributed by atoms with Gasteiger partial charge in [0.15, 0.2) is 11.6 Å². The van der Waals surface area contributed by atoms with Gasteiger partial charge in [0, 0.05) is 6.04 Å². The van der Waals surface area contributed by atoms with Gasteiger partial charge in [0.2, 0.25) is 10.0 Å². The SMILES string of the molecule is CC[C@H](CO)NS(=O)(=O)c1cc(C(=O)O)cc(F)c1F. The van der Waals surface area contributed by atoms with Crippen molar-refractivity contribution in [1.29, 1.82) is 0 Å². The smallest absolute Gasteiger partial charge is 0.335 e. The molecule has 0 bridgehead atoms. The third kappa shape index (κ3) is 3.50. The summed E-state index contributed by atoms with van der Waals surface area (Å²) in [5.74, 6) is -4.84. The minimum Gasteiger partial charge on any atom is -0.478 e. The van der Waals surface area contributed by atoms with Crippen LogP contribution in [0.4, 0.5) is 8.78 Å². The average Bonchev–Trinajstić information content (AvgIpc) is 2.38. The lowest BCUT2D eigenvalue weighted by Crippen LogP contribution is -2.37. The fourth-order valence-corrected chi connectivity index (χ4v) is 2.84. The van der Waals surface area contributed by atoms with Crippen molar-refractivity contribution in [2.75, 3.05) is 6.61 Å². The van der Waals surface area contributed by atoms with Crippen LogP contribution in [-0.2, 0) is 10.0 Å². The molecule has 112 valence electrons. The van der Waals surface area contributed by atoms with Gasteiger partial charge in [-0.05, 0) is 18.6 Å². The van der Waals surface area contributed by atoms with Crippen LogP contribution >= 0.6 is 0 Å². The van der Waals surface area contributed by atoms with Gasteiger partial charge in [0.1, 0.15) is 4.90 Å². The first-order valence-electron chi connectivity index (χ1n) is 5.58. The molecule has 0 aromatic heterocycles. The van der Waals surface area contributed by atoms with Crippen molar-refractivity contribution in [2.45, 2.75) is 24.3 Å². The minimum absolute atomic E-state index is 0.221. The molecule has 1 aromatic rings. The molecule has 0 unspecified atom stereocenters. The molecule has 0 fully saturated rings. The summed E-state index contributed by atoms with van der Waals surface area (Å²) in [7, 11) is -4.48. The van der Waals surface area contributed by atoms with Crippen molar-refractivity contribution in [3.63, 3.8) is 0 Å². The van der Waals surface area contributed by atoms with E-state index in [0.29, 0.717) is 12.1 Å². The Morgan fingerprint density at radius 1 is 1.40 bits per heavy atom. The molecule has 0 saturated carbocycles. The summed E-state index contributed by atoms with van der Waals surface area (Å²) in [5.41, 5.74) is -0.693. The summed E-state index contributed by atoms with van der Waals surface area (Å²) in [6.07, 6.45) is 0.221. The molecule has 1 rings (SSSR count). The standard InChI is InChI=1S/C11H13F2NO5S/c1-2-7(5-15)14-20(18,19)9-4-6(11(16)17)3-8(12)10(9)13/h3-4,7,14-15H,2,5H2,1H3,(H,16,17)/t7-/m1/s1. The third-order valence-electron chi connectivity index (χ3n) is 2.57. The number of hydrogen-bond acceptors (Lipinski definition) is 4. The summed E-state index contributed by atoms with van der Waals surface area (Å²) >= 11 is 0. The highest BCUT2D eigenvalue weighted by atomic mass is 32.2. The Labute approximate surface area is 114 Å². The van der Waals surface area contributed by atoms with E-state index in [1.807, 2.05) is 4.72 Å².